The van der Waals surface area contributed by atoms with E-state index in [2.05, 4.69) is 17.0 Å². The fourth-order valence-corrected chi connectivity index (χ4v) is 6.31. The van der Waals surface area contributed by atoms with Crippen LogP contribution in [0.2, 0.25) is 0 Å². The van der Waals surface area contributed by atoms with Crippen LogP contribution in [0.25, 0.3) is 0 Å². The first-order chi connectivity index (χ1) is 12.2. The molecule has 138 valence electrons. The molecular weight excluding hydrogens is 332 g/mol. The minimum Gasteiger partial charge on any atom is -0.395 e. The number of aliphatic hydroxyl groups excluding tert-OH is 1. The largest absolute Gasteiger partial charge is 0.395 e. The summed E-state index contributed by atoms with van der Waals surface area (Å²) in [5.74, 6) is 1.09. The zero-order valence-corrected chi connectivity index (χ0v) is 15.9. The highest BCUT2D eigenvalue weighted by atomic mass is 32.1. The van der Waals surface area contributed by atoms with Crippen molar-refractivity contribution in [2.45, 2.75) is 57.4 Å². The van der Waals surface area contributed by atoms with Crippen LogP contribution in [0.5, 0.6) is 0 Å². The Morgan fingerprint density at radius 2 is 2.00 bits per heavy atom. The number of nitrogens with zero attached hydrogens (tertiary/aromatic N) is 2. The van der Waals surface area contributed by atoms with Crippen molar-refractivity contribution >= 4 is 17.2 Å². The third-order valence-electron chi connectivity index (χ3n) is 6.45. The van der Waals surface area contributed by atoms with E-state index in [1.54, 1.807) is 4.88 Å². The van der Waals surface area contributed by atoms with Crippen molar-refractivity contribution in [2.24, 2.45) is 5.41 Å². The van der Waals surface area contributed by atoms with E-state index in [1.165, 1.54) is 30.6 Å². The quantitative estimate of drug-likeness (QED) is 0.875. The molecule has 1 atom stereocenters. The Balaban J connectivity index is 1.38. The number of β-amino-alcohol motifs (C(OH)–C–C–N with tert-alkyl or cyclic N) is 1. The first-order valence-electron chi connectivity index (χ1n) is 9.91. The van der Waals surface area contributed by atoms with Crippen LogP contribution < -0.4 is 0 Å². The van der Waals surface area contributed by atoms with Gasteiger partial charge in [-0.25, -0.2) is 0 Å². The Hall–Kier alpha value is -0.910. The summed E-state index contributed by atoms with van der Waals surface area (Å²) < 4.78 is 0. The zero-order valence-electron chi connectivity index (χ0n) is 15.1. The Kier molecular flexibility index (Phi) is 5.16. The smallest absolute Gasteiger partial charge is 0.230 e. The maximum atomic E-state index is 12.9. The lowest BCUT2D eigenvalue weighted by atomic mass is 9.78. The van der Waals surface area contributed by atoms with Gasteiger partial charge in [-0.15, -0.1) is 11.3 Å². The number of amides is 1. The van der Waals surface area contributed by atoms with Gasteiger partial charge in [0.2, 0.25) is 5.91 Å². The molecule has 1 spiro atoms. The minimum atomic E-state index is -0.182. The zero-order chi connectivity index (χ0) is 17.3. The lowest BCUT2D eigenvalue weighted by Gasteiger charge is -2.39. The van der Waals surface area contributed by atoms with E-state index in [4.69, 9.17) is 0 Å². The summed E-state index contributed by atoms with van der Waals surface area (Å²) in [6, 6.07) is 4.65. The van der Waals surface area contributed by atoms with Crippen molar-refractivity contribution in [2.75, 3.05) is 32.8 Å². The standard InChI is InChI=1S/C20H30N2O2S/c23-13-12-22-10-3-8-20(19(22)24)9-11-21(15-20)14-17-6-7-18(25-17)16-4-1-2-5-16/h6-7,16,23H,1-5,8-15H2/t20-/m1/s1. The second kappa shape index (κ2) is 7.37. The minimum absolute atomic E-state index is 0.0741. The van der Waals surface area contributed by atoms with E-state index < -0.39 is 0 Å². The molecule has 1 N–H and O–H groups in total. The summed E-state index contributed by atoms with van der Waals surface area (Å²) in [6.45, 7) is 4.30. The predicted octanol–water partition coefficient (Wildman–Crippen LogP) is 3.21. The van der Waals surface area contributed by atoms with Crippen LogP contribution in [0, 0.1) is 5.41 Å². The Bertz CT molecular complexity index is 609. The summed E-state index contributed by atoms with van der Waals surface area (Å²) in [5.41, 5.74) is -0.182. The summed E-state index contributed by atoms with van der Waals surface area (Å²) >= 11 is 1.99. The van der Waals surface area contributed by atoms with Gasteiger partial charge in [0.25, 0.3) is 0 Å². The van der Waals surface area contributed by atoms with E-state index in [0.29, 0.717) is 6.54 Å². The lowest BCUT2D eigenvalue weighted by Crippen LogP contribution is -2.50. The van der Waals surface area contributed by atoms with Gasteiger partial charge in [0.15, 0.2) is 0 Å². The van der Waals surface area contributed by atoms with Gasteiger partial charge in [0.1, 0.15) is 0 Å². The van der Waals surface area contributed by atoms with Gasteiger partial charge in [0.05, 0.1) is 12.0 Å². The summed E-state index contributed by atoms with van der Waals surface area (Å²) in [4.78, 5) is 20.3. The molecule has 0 unspecified atom stereocenters. The number of hydrogen-bond donors (Lipinski definition) is 1. The van der Waals surface area contributed by atoms with Gasteiger partial charge in [-0.05, 0) is 56.7 Å². The topological polar surface area (TPSA) is 43.8 Å². The number of rotatable bonds is 5. The molecule has 1 aliphatic carbocycles. The van der Waals surface area contributed by atoms with Crippen molar-refractivity contribution in [3.63, 3.8) is 0 Å². The predicted molar refractivity (Wildman–Crippen MR) is 101 cm³/mol. The van der Waals surface area contributed by atoms with Crippen molar-refractivity contribution in [1.29, 1.82) is 0 Å². The van der Waals surface area contributed by atoms with E-state index in [-0.39, 0.29) is 17.9 Å². The molecule has 4 nitrogen and oxygen atoms in total. The normalized spacial score (nSPS) is 28.5. The van der Waals surface area contributed by atoms with Gasteiger partial charge < -0.3 is 10.0 Å². The molecule has 2 aliphatic heterocycles. The molecule has 3 fully saturated rings. The molecule has 1 amide bonds. The lowest BCUT2D eigenvalue weighted by molar-refractivity contribution is -0.146. The van der Waals surface area contributed by atoms with Crippen LogP contribution in [0.15, 0.2) is 12.1 Å². The Morgan fingerprint density at radius 1 is 1.16 bits per heavy atom. The summed E-state index contributed by atoms with van der Waals surface area (Å²) in [6.07, 6.45) is 8.57. The number of hydrogen-bond acceptors (Lipinski definition) is 4. The number of carbonyl (C=O) groups excluding carboxylic acids is 1. The van der Waals surface area contributed by atoms with Gasteiger partial charge in [-0.2, -0.15) is 0 Å². The highest BCUT2D eigenvalue weighted by Gasteiger charge is 2.48. The third kappa shape index (κ3) is 3.51. The van der Waals surface area contributed by atoms with Gasteiger partial charge in [0, 0.05) is 35.9 Å². The average Bonchev–Trinajstić information content (AvgIpc) is 3.34. The van der Waals surface area contributed by atoms with Crippen LogP contribution in [0.4, 0.5) is 0 Å². The van der Waals surface area contributed by atoms with Gasteiger partial charge in [-0.3, -0.25) is 9.69 Å². The highest BCUT2D eigenvalue weighted by Crippen LogP contribution is 2.42. The van der Waals surface area contributed by atoms with Crippen LogP contribution in [-0.4, -0.2) is 53.6 Å². The second-order valence-electron chi connectivity index (χ2n) is 8.15. The number of piperidine rings is 1. The summed E-state index contributed by atoms with van der Waals surface area (Å²) in [7, 11) is 0. The van der Waals surface area contributed by atoms with Gasteiger partial charge >= 0.3 is 0 Å². The molecule has 3 heterocycles. The molecule has 1 saturated carbocycles. The molecule has 0 bridgehead atoms. The van der Waals surface area contributed by atoms with Crippen molar-refractivity contribution in [1.82, 2.24) is 9.80 Å². The van der Waals surface area contributed by atoms with E-state index >= 15 is 0 Å². The maximum Gasteiger partial charge on any atom is 0.230 e. The molecule has 3 aliphatic rings. The van der Waals surface area contributed by atoms with E-state index in [0.717, 1.165) is 51.4 Å². The van der Waals surface area contributed by atoms with E-state index in [1.807, 2.05) is 16.2 Å². The summed E-state index contributed by atoms with van der Waals surface area (Å²) in [5, 5.41) is 9.20. The average molecular weight is 363 g/mol. The molecule has 1 aromatic heterocycles. The molecule has 25 heavy (non-hydrogen) atoms. The molecule has 0 radical (unpaired) electrons. The third-order valence-corrected chi connectivity index (χ3v) is 7.68. The Labute approximate surface area is 154 Å². The first kappa shape index (κ1) is 17.5. The van der Waals surface area contributed by atoms with Crippen LogP contribution in [-0.2, 0) is 11.3 Å². The van der Waals surface area contributed by atoms with Crippen molar-refractivity contribution in [3.05, 3.63) is 21.9 Å². The fraction of sp³-hybridized carbons (Fsp3) is 0.750. The molecule has 0 aromatic carbocycles. The number of likely N-dealkylation sites (tertiary alicyclic amines) is 2. The maximum absolute atomic E-state index is 12.9. The van der Waals surface area contributed by atoms with Crippen LogP contribution in [0.3, 0.4) is 0 Å². The van der Waals surface area contributed by atoms with E-state index in [9.17, 15) is 9.90 Å². The van der Waals surface area contributed by atoms with Crippen molar-refractivity contribution < 1.29 is 9.90 Å². The van der Waals surface area contributed by atoms with Crippen LogP contribution >= 0.6 is 11.3 Å². The number of carbonyl (C=O) groups is 1. The Morgan fingerprint density at radius 3 is 2.80 bits per heavy atom. The highest BCUT2D eigenvalue weighted by molar-refractivity contribution is 7.12. The number of aliphatic hydroxyl groups is 1. The fourth-order valence-electron chi connectivity index (χ4n) is 5.09. The first-order valence-corrected chi connectivity index (χ1v) is 10.7. The monoisotopic (exact) mass is 362 g/mol. The number of thiophene rings is 1. The SMILES string of the molecule is O=C1N(CCO)CCC[C@]12CCN(Cc1ccc(C3CCCC3)s1)C2. The molecule has 5 heteroatoms. The molecule has 4 rings (SSSR count). The van der Waals surface area contributed by atoms with Crippen LogP contribution in [0.1, 0.15) is 60.6 Å². The second-order valence-corrected chi connectivity index (χ2v) is 9.35. The molecule has 1 aromatic rings. The van der Waals surface area contributed by atoms with Gasteiger partial charge in [-0.1, -0.05) is 12.8 Å². The van der Waals surface area contributed by atoms with Crippen molar-refractivity contribution in [3.8, 4) is 0 Å². The molecule has 2 saturated heterocycles. The molecular formula is C20H30N2O2S.